The number of nitrogens with one attached hydrogen (secondary N) is 1. The minimum Gasteiger partial charge on any atom is -0.310 e. The summed E-state index contributed by atoms with van der Waals surface area (Å²) in [6.07, 6.45) is 9.42. The molecule has 0 spiro atoms. The van der Waals surface area contributed by atoms with E-state index in [1.807, 2.05) is 18.5 Å². The van der Waals surface area contributed by atoms with Gasteiger partial charge in [-0.2, -0.15) is 0 Å². The maximum atomic E-state index is 4.17. The highest BCUT2D eigenvalue weighted by Gasteiger charge is 2.19. The van der Waals surface area contributed by atoms with Crippen LogP contribution in [0.1, 0.15) is 51.1 Å². The van der Waals surface area contributed by atoms with Crippen molar-refractivity contribution in [2.24, 2.45) is 11.8 Å². The first-order chi connectivity index (χ1) is 8.25. The molecule has 1 fully saturated rings. The third-order valence-electron chi connectivity index (χ3n) is 3.94. The molecule has 0 saturated heterocycles. The molecule has 2 unspecified atom stereocenters. The van der Waals surface area contributed by atoms with E-state index in [1.165, 1.54) is 31.2 Å². The van der Waals surface area contributed by atoms with Gasteiger partial charge in [0.15, 0.2) is 0 Å². The molecule has 1 aliphatic carbocycles. The Bertz CT molecular complexity index is 323. The average Bonchev–Trinajstić information content (AvgIpc) is 2.37. The summed E-state index contributed by atoms with van der Waals surface area (Å²) in [6, 6.07) is 4.57. The van der Waals surface area contributed by atoms with Crippen molar-refractivity contribution in [3.8, 4) is 0 Å². The lowest BCUT2D eigenvalue weighted by Crippen LogP contribution is -2.28. The first-order valence-corrected chi connectivity index (χ1v) is 6.89. The summed E-state index contributed by atoms with van der Waals surface area (Å²) in [5.74, 6) is 1.79. The molecule has 1 heterocycles. The van der Waals surface area contributed by atoms with E-state index in [9.17, 15) is 0 Å². The fourth-order valence-corrected chi connectivity index (χ4v) is 2.84. The normalized spacial score (nSPS) is 26.7. The molecule has 1 aliphatic rings. The standard InChI is InChI=1S/C15H24N2/c1-12-5-3-6-14(9-12)10-17-13(2)15-7-4-8-16-11-15/h4,7-8,11-14,17H,3,5-6,9-10H2,1-2H3/t12?,13-,14?/m1/s1. The summed E-state index contributed by atoms with van der Waals surface area (Å²) in [7, 11) is 0. The van der Waals surface area contributed by atoms with Crippen LogP contribution in [0.5, 0.6) is 0 Å². The van der Waals surface area contributed by atoms with Crippen LogP contribution in [0.4, 0.5) is 0 Å². The smallest absolute Gasteiger partial charge is 0.0315 e. The second kappa shape index (κ2) is 6.15. The first-order valence-electron chi connectivity index (χ1n) is 6.89. The van der Waals surface area contributed by atoms with E-state index in [-0.39, 0.29) is 0 Å². The lowest BCUT2D eigenvalue weighted by atomic mass is 9.82. The fraction of sp³-hybridized carbons (Fsp3) is 0.667. The molecule has 0 aromatic carbocycles. The van der Waals surface area contributed by atoms with Crippen molar-refractivity contribution in [3.63, 3.8) is 0 Å². The Labute approximate surface area is 105 Å². The highest BCUT2D eigenvalue weighted by atomic mass is 14.9. The topological polar surface area (TPSA) is 24.9 Å². The van der Waals surface area contributed by atoms with Crippen molar-refractivity contribution in [1.82, 2.24) is 10.3 Å². The van der Waals surface area contributed by atoms with Gasteiger partial charge in [-0.1, -0.05) is 25.8 Å². The van der Waals surface area contributed by atoms with Crippen LogP contribution in [0, 0.1) is 11.8 Å². The first kappa shape index (κ1) is 12.6. The molecule has 0 bridgehead atoms. The third-order valence-corrected chi connectivity index (χ3v) is 3.94. The molecule has 1 aromatic rings. The average molecular weight is 232 g/mol. The van der Waals surface area contributed by atoms with Crippen molar-refractivity contribution in [2.45, 2.75) is 45.6 Å². The van der Waals surface area contributed by atoms with Gasteiger partial charge in [-0.15, -0.1) is 0 Å². The van der Waals surface area contributed by atoms with Gasteiger partial charge in [-0.25, -0.2) is 0 Å². The van der Waals surface area contributed by atoms with Crippen molar-refractivity contribution in [2.75, 3.05) is 6.54 Å². The monoisotopic (exact) mass is 232 g/mol. The molecule has 3 atom stereocenters. The summed E-state index contributed by atoms with van der Waals surface area (Å²) in [5.41, 5.74) is 1.29. The van der Waals surface area contributed by atoms with Crippen molar-refractivity contribution in [1.29, 1.82) is 0 Å². The second-order valence-corrected chi connectivity index (χ2v) is 5.55. The van der Waals surface area contributed by atoms with E-state index in [0.29, 0.717) is 6.04 Å². The van der Waals surface area contributed by atoms with Crippen molar-refractivity contribution < 1.29 is 0 Å². The zero-order chi connectivity index (χ0) is 12.1. The van der Waals surface area contributed by atoms with Crippen LogP contribution >= 0.6 is 0 Å². The molecule has 94 valence electrons. The van der Waals surface area contributed by atoms with Crippen LogP contribution < -0.4 is 5.32 Å². The SMILES string of the molecule is CC1CCCC(CN[C@H](C)c2cccnc2)C1. The molecule has 0 radical (unpaired) electrons. The Morgan fingerprint density at radius 2 is 2.35 bits per heavy atom. The molecule has 17 heavy (non-hydrogen) atoms. The van der Waals surface area contributed by atoms with Crippen molar-refractivity contribution in [3.05, 3.63) is 30.1 Å². The number of nitrogens with zero attached hydrogens (tertiary/aromatic N) is 1. The molecule has 2 heteroatoms. The van der Waals surface area contributed by atoms with Gasteiger partial charge in [0, 0.05) is 18.4 Å². The van der Waals surface area contributed by atoms with Gasteiger partial charge in [-0.3, -0.25) is 4.98 Å². The maximum absolute atomic E-state index is 4.17. The van der Waals surface area contributed by atoms with Crippen LogP contribution in [0.15, 0.2) is 24.5 Å². The van der Waals surface area contributed by atoms with Gasteiger partial charge < -0.3 is 5.32 Å². The zero-order valence-electron chi connectivity index (χ0n) is 11.0. The maximum Gasteiger partial charge on any atom is 0.0315 e. The number of hydrogen-bond acceptors (Lipinski definition) is 2. The summed E-state index contributed by atoms with van der Waals surface area (Å²) in [6.45, 7) is 5.76. The van der Waals surface area contributed by atoms with Gasteiger partial charge in [0.2, 0.25) is 0 Å². The summed E-state index contributed by atoms with van der Waals surface area (Å²) in [4.78, 5) is 4.17. The predicted molar refractivity (Wildman–Crippen MR) is 71.8 cm³/mol. The van der Waals surface area contributed by atoms with Gasteiger partial charge >= 0.3 is 0 Å². The number of aromatic nitrogens is 1. The molecule has 1 saturated carbocycles. The fourth-order valence-electron chi connectivity index (χ4n) is 2.84. The molecule has 2 nitrogen and oxygen atoms in total. The number of hydrogen-bond donors (Lipinski definition) is 1. The molecule has 1 aromatic heterocycles. The highest BCUT2D eigenvalue weighted by Crippen LogP contribution is 2.28. The number of pyridine rings is 1. The van der Waals surface area contributed by atoms with Gasteiger partial charge in [0.1, 0.15) is 0 Å². The zero-order valence-corrected chi connectivity index (χ0v) is 11.0. The molecular formula is C15H24N2. The van der Waals surface area contributed by atoms with E-state index in [4.69, 9.17) is 0 Å². The quantitative estimate of drug-likeness (QED) is 0.858. The highest BCUT2D eigenvalue weighted by molar-refractivity contribution is 5.12. The lowest BCUT2D eigenvalue weighted by molar-refractivity contribution is 0.268. The van der Waals surface area contributed by atoms with Gasteiger partial charge in [0.05, 0.1) is 0 Å². The molecule has 0 aliphatic heterocycles. The van der Waals surface area contributed by atoms with E-state index in [1.54, 1.807) is 0 Å². The van der Waals surface area contributed by atoms with Gasteiger partial charge in [-0.05, 0) is 49.8 Å². The summed E-state index contributed by atoms with van der Waals surface area (Å²) >= 11 is 0. The largest absolute Gasteiger partial charge is 0.310 e. The van der Waals surface area contributed by atoms with E-state index in [2.05, 4.69) is 30.2 Å². The minimum atomic E-state index is 0.418. The van der Waals surface area contributed by atoms with Crippen LogP contribution in [0.3, 0.4) is 0 Å². The molecular weight excluding hydrogens is 208 g/mol. The Morgan fingerprint density at radius 3 is 3.06 bits per heavy atom. The van der Waals surface area contributed by atoms with Crippen LogP contribution in [0.2, 0.25) is 0 Å². The van der Waals surface area contributed by atoms with E-state index >= 15 is 0 Å². The Morgan fingerprint density at radius 1 is 1.47 bits per heavy atom. The number of rotatable bonds is 4. The van der Waals surface area contributed by atoms with Crippen LogP contribution in [0.25, 0.3) is 0 Å². The summed E-state index contributed by atoms with van der Waals surface area (Å²) < 4.78 is 0. The van der Waals surface area contributed by atoms with E-state index in [0.717, 1.165) is 18.4 Å². The van der Waals surface area contributed by atoms with Crippen LogP contribution in [-0.4, -0.2) is 11.5 Å². The molecule has 0 amide bonds. The minimum absolute atomic E-state index is 0.418. The third kappa shape index (κ3) is 3.81. The Balaban J connectivity index is 1.78. The molecule has 1 N–H and O–H groups in total. The van der Waals surface area contributed by atoms with Gasteiger partial charge in [0.25, 0.3) is 0 Å². The Hall–Kier alpha value is -0.890. The van der Waals surface area contributed by atoms with E-state index < -0.39 is 0 Å². The lowest BCUT2D eigenvalue weighted by Gasteiger charge is -2.28. The second-order valence-electron chi connectivity index (χ2n) is 5.55. The summed E-state index contributed by atoms with van der Waals surface area (Å²) in [5, 5.41) is 3.65. The Kier molecular flexibility index (Phi) is 4.55. The predicted octanol–water partition coefficient (Wildman–Crippen LogP) is 3.56. The van der Waals surface area contributed by atoms with Crippen molar-refractivity contribution >= 4 is 0 Å². The molecule has 2 rings (SSSR count). The van der Waals surface area contributed by atoms with Crippen LogP contribution in [-0.2, 0) is 0 Å².